The minimum absolute atomic E-state index is 0.565. The summed E-state index contributed by atoms with van der Waals surface area (Å²) in [5, 5.41) is 0. The second-order valence-electron chi connectivity index (χ2n) is 4.00. The van der Waals surface area contributed by atoms with Gasteiger partial charge in [-0.15, -0.1) is 0 Å². The van der Waals surface area contributed by atoms with Crippen molar-refractivity contribution in [1.29, 1.82) is 0 Å². The average molecular weight is 227 g/mol. The van der Waals surface area contributed by atoms with E-state index in [0.717, 1.165) is 24.7 Å². The third kappa shape index (κ3) is 11.8. The summed E-state index contributed by atoms with van der Waals surface area (Å²) in [5.74, 6) is 0. The highest BCUT2D eigenvalue weighted by atomic mass is 32.3. The fourth-order valence-electron chi connectivity index (χ4n) is 0.784. The summed E-state index contributed by atoms with van der Waals surface area (Å²) in [7, 11) is 2.94. The van der Waals surface area contributed by atoms with Gasteiger partial charge in [-0.05, 0) is 0 Å². The summed E-state index contributed by atoms with van der Waals surface area (Å²) in [6, 6.07) is 0. The lowest BCUT2D eigenvalue weighted by molar-refractivity contribution is -0.870. The largest absolute Gasteiger partial charge is 0.726 e. The van der Waals surface area contributed by atoms with Gasteiger partial charge < -0.3 is 13.8 Å². The van der Waals surface area contributed by atoms with Crippen LogP contribution in [-0.4, -0.2) is 65.0 Å². The van der Waals surface area contributed by atoms with E-state index in [2.05, 4.69) is 25.3 Å². The summed E-state index contributed by atoms with van der Waals surface area (Å²) >= 11 is 0. The van der Waals surface area contributed by atoms with Gasteiger partial charge in [0.2, 0.25) is 10.4 Å². The molecule has 1 saturated heterocycles. The molecule has 1 fully saturated rings. The fourth-order valence-corrected chi connectivity index (χ4v) is 0.784. The maximum Gasteiger partial charge on any atom is 0.217 e. The lowest BCUT2D eigenvalue weighted by Crippen LogP contribution is -2.37. The summed E-state index contributed by atoms with van der Waals surface area (Å²) in [5.41, 5.74) is 0. The molecule has 1 heterocycles. The molecule has 86 valence electrons. The zero-order chi connectivity index (χ0) is 11.4. The molecule has 0 radical (unpaired) electrons. The molecular formula is C7H17NO5S. The van der Waals surface area contributed by atoms with Crippen molar-refractivity contribution in [2.24, 2.45) is 0 Å². The predicted octanol–water partition coefficient (Wildman–Crippen LogP) is -0.816. The molecule has 0 saturated carbocycles. The molecule has 0 N–H and O–H groups in total. The van der Waals surface area contributed by atoms with E-state index in [9.17, 15) is 13.0 Å². The number of quaternary nitrogens is 1. The van der Waals surface area contributed by atoms with Crippen LogP contribution in [0.15, 0.2) is 0 Å². The van der Waals surface area contributed by atoms with Crippen LogP contribution in [-0.2, 0) is 19.3 Å². The maximum absolute atomic E-state index is 9.22. The molecule has 0 spiro atoms. The second-order valence-corrected chi connectivity index (χ2v) is 5.15. The number of ether oxygens (including phenoxy) is 1. The van der Waals surface area contributed by atoms with Crippen LogP contribution in [0.5, 0.6) is 0 Å². The van der Waals surface area contributed by atoms with Crippen molar-refractivity contribution >= 4 is 10.4 Å². The first kappa shape index (κ1) is 13.8. The van der Waals surface area contributed by atoms with Crippen LogP contribution in [0.3, 0.4) is 0 Å². The first-order valence-electron chi connectivity index (χ1n) is 4.07. The Morgan fingerprint density at radius 1 is 1.50 bits per heavy atom. The zero-order valence-electron chi connectivity index (χ0n) is 8.89. The molecule has 14 heavy (non-hydrogen) atoms. The fraction of sp³-hybridized carbons (Fsp3) is 1.00. The quantitative estimate of drug-likeness (QED) is 0.272. The van der Waals surface area contributed by atoms with Crippen LogP contribution >= 0.6 is 0 Å². The molecule has 6 nitrogen and oxygen atoms in total. The Hall–Kier alpha value is -0.210. The second kappa shape index (κ2) is 5.04. The number of likely N-dealkylation sites (N-methyl/N-ethyl adjacent to an activating group) is 1. The Labute approximate surface area is 85.0 Å². The van der Waals surface area contributed by atoms with Crippen LogP contribution in [0.4, 0.5) is 0 Å². The summed E-state index contributed by atoms with van der Waals surface area (Å²) in [6.45, 7) is 2.13. The van der Waals surface area contributed by atoms with Crippen LogP contribution in [0.2, 0.25) is 0 Å². The third-order valence-electron chi connectivity index (χ3n) is 1.36. The lowest BCUT2D eigenvalue weighted by atomic mass is 10.4. The van der Waals surface area contributed by atoms with Crippen molar-refractivity contribution in [2.45, 2.75) is 6.10 Å². The van der Waals surface area contributed by atoms with Gasteiger partial charge in [0.05, 0.1) is 34.9 Å². The molecule has 1 aliphatic heterocycles. The Kier molecular flexibility index (Phi) is 4.96. The molecule has 0 aromatic heterocycles. The zero-order valence-corrected chi connectivity index (χ0v) is 9.70. The molecule has 1 rings (SSSR count). The first-order valence-corrected chi connectivity index (χ1v) is 5.41. The van der Waals surface area contributed by atoms with Crippen LogP contribution in [0, 0.1) is 0 Å². The molecular weight excluding hydrogens is 210 g/mol. The van der Waals surface area contributed by atoms with Gasteiger partial charge in [-0.2, -0.15) is 0 Å². The van der Waals surface area contributed by atoms with Crippen molar-refractivity contribution in [3.63, 3.8) is 0 Å². The molecule has 0 aromatic carbocycles. The summed E-state index contributed by atoms with van der Waals surface area (Å²) in [4.78, 5) is 0. The molecule has 0 amide bonds. The molecule has 0 aromatic rings. The topological polar surface area (TPSA) is 79.0 Å². The van der Waals surface area contributed by atoms with E-state index in [1.165, 1.54) is 0 Å². The Morgan fingerprint density at radius 3 is 1.93 bits per heavy atom. The van der Waals surface area contributed by atoms with Crippen molar-refractivity contribution in [3.05, 3.63) is 0 Å². The van der Waals surface area contributed by atoms with Gasteiger partial charge in [0.1, 0.15) is 12.6 Å². The highest BCUT2D eigenvalue weighted by molar-refractivity contribution is 7.80. The lowest BCUT2D eigenvalue weighted by Gasteiger charge is -2.22. The average Bonchev–Trinajstić information content (AvgIpc) is 2.68. The Bertz CT molecular complexity index is 252. The van der Waals surface area contributed by atoms with Crippen LogP contribution in [0.25, 0.3) is 0 Å². The SMILES string of the molecule is COS(=O)(=O)[O-].C[N+](C)(C)CC1CO1. The van der Waals surface area contributed by atoms with E-state index in [1.54, 1.807) is 0 Å². The van der Waals surface area contributed by atoms with E-state index in [4.69, 9.17) is 4.74 Å². The van der Waals surface area contributed by atoms with Gasteiger partial charge in [-0.25, -0.2) is 8.42 Å². The standard InChI is InChI=1S/C6H14NO.CH4O4S/c1-7(2,3)4-6-5-8-6;1-5-6(2,3)4/h6H,4-5H2,1-3H3;1H3,(H,2,3,4)/q+1;/p-1. The molecule has 0 aliphatic carbocycles. The highest BCUT2D eigenvalue weighted by Gasteiger charge is 2.28. The summed E-state index contributed by atoms with van der Waals surface area (Å²) in [6.07, 6.45) is 0.565. The maximum atomic E-state index is 9.22. The molecule has 7 heteroatoms. The van der Waals surface area contributed by atoms with Crippen LogP contribution in [0.1, 0.15) is 0 Å². The molecule has 0 bridgehead atoms. The first-order chi connectivity index (χ1) is 6.14. The van der Waals surface area contributed by atoms with E-state index < -0.39 is 10.4 Å². The van der Waals surface area contributed by atoms with Crippen LogP contribution < -0.4 is 0 Å². The molecule has 1 aliphatic rings. The number of hydrogen-bond acceptors (Lipinski definition) is 5. The molecule has 1 atom stereocenters. The van der Waals surface area contributed by atoms with Gasteiger partial charge in [0.25, 0.3) is 0 Å². The number of epoxide rings is 1. The predicted molar refractivity (Wildman–Crippen MR) is 49.3 cm³/mol. The molecule has 1 unspecified atom stereocenters. The van der Waals surface area contributed by atoms with Crippen molar-refractivity contribution in [2.75, 3.05) is 41.4 Å². The van der Waals surface area contributed by atoms with Gasteiger partial charge in [0.15, 0.2) is 0 Å². The number of hydrogen-bond donors (Lipinski definition) is 0. The van der Waals surface area contributed by atoms with E-state index >= 15 is 0 Å². The van der Waals surface area contributed by atoms with E-state index in [1.807, 2.05) is 0 Å². The van der Waals surface area contributed by atoms with Crippen molar-refractivity contribution in [3.8, 4) is 0 Å². The van der Waals surface area contributed by atoms with E-state index in [0.29, 0.717) is 6.10 Å². The van der Waals surface area contributed by atoms with Gasteiger partial charge in [-0.1, -0.05) is 0 Å². The van der Waals surface area contributed by atoms with Crippen molar-refractivity contribution in [1.82, 2.24) is 0 Å². The summed E-state index contributed by atoms with van der Waals surface area (Å²) < 4.78 is 37.1. The monoisotopic (exact) mass is 227 g/mol. The smallest absolute Gasteiger partial charge is 0.217 e. The number of rotatable bonds is 3. The Morgan fingerprint density at radius 2 is 1.86 bits per heavy atom. The van der Waals surface area contributed by atoms with Crippen molar-refractivity contribution < 1.29 is 26.4 Å². The number of nitrogens with zero attached hydrogens (tertiary/aromatic N) is 1. The normalized spacial score (nSPS) is 21.1. The van der Waals surface area contributed by atoms with Gasteiger partial charge in [-0.3, -0.25) is 4.18 Å². The highest BCUT2D eigenvalue weighted by Crippen LogP contribution is 2.11. The van der Waals surface area contributed by atoms with E-state index in [-0.39, 0.29) is 0 Å². The van der Waals surface area contributed by atoms with Gasteiger partial charge >= 0.3 is 0 Å². The minimum Gasteiger partial charge on any atom is -0.726 e. The Balaban J connectivity index is 0.000000255. The third-order valence-corrected chi connectivity index (χ3v) is 1.77. The van der Waals surface area contributed by atoms with Gasteiger partial charge in [0, 0.05) is 0 Å². The minimum atomic E-state index is -4.41.